The molecule has 13 heteroatoms. The molecule has 0 aliphatic rings. The molecule has 5 rings (SSSR count). The van der Waals surface area contributed by atoms with Crippen molar-refractivity contribution in [1.29, 1.82) is 0 Å². The molecule has 0 saturated heterocycles. The Morgan fingerprint density at radius 3 is 2.26 bits per heavy atom. The molecule has 1 heterocycles. The number of nitrogens with zero attached hydrogens (tertiary/aromatic N) is 2. The van der Waals surface area contributed by atoms with Gasteiger partial charge in [-0.1, -0.05) is 66.2 Å². The van der Waals surface area contributed by atoms with E-state index in [0.29, 0.717) is 16.5 Å². The number of ether oxygens (including phenoxy) is 1. The van der Waals surface area contributed by atoms with E-state index in [-0.39, 0.29) is 37.8 Å². The second-order valence-corrected chi connectivity index (χ2v) is 10.9. The SMILES string of the molecule is O=C(N[C@@H](CNC(=O)c1ccc(CN(Cc2nc3ccccc3[nH]2)C(=O)Nc2ccc(Cl)cc2)cc1)C(=O)O)OCc1ccccc1. The minimum absolute atomic E-state index is 0.0315. The highest BCUT2D eigenvalue weighted by atomic mass is 35.5. The minimum Gasteiger partial charge on any atom is -0.480 e. The Kier molecular flexibility index (Phi) is 10.7. The van der Waals surface area contributed by atoms with E-state index < -0.39 is 24.0 Å². The average molecular weight is 655 g/mol. The third-order valence-corrected chi connectivity index (χ3v) is 7.27. The molecule has 0 radical (unpaired) electrons. The van der Waals surface area contributed by atoms with Crippen molar-refractivity contribution in [3.63, 3.8) is 0 Å². The van der Waals surface area contributed by atoms with E-state index in [9.17, 15) is 24.3 Å². The first-order chi connectivity index (χ1) is 22.7. The summed E-state index contributed by atoms with van der Waals surface area (Å²) in [5.74, 6) is -1.28. The number of rotatable bonds is 12. The molecule has 0 saturated carbocycles. The summed E-state index contributed by atoms with van der Waals surface area (Å²) in [5.41, 5.74) is 3.93. The van der Waals surface area contributed by atoms with Crippen molar-refractivity contribution in [2.24, 2.45) is 0 Å². The molecule has 1 aromatic heterocycles. The lowest BCUT2D eigenvalue weighted by Crippen LogP contribution is -2.48. The van der Waals surface area contributed by atoms with Gasteiger partial charge in [-0.2, -0.15) is 0 Å². The van der Waals surface area contributed by atoms with Crippen molar-refractivity contribution in [2.45, 2.75) is 25.7 Å². The predicted octanol–water partition coefficient (Wildman–Crippen LogP) is 5.56. The Bertz CT molecular complexity index is 1810. The number of benzene rings is 4. The highest BCUT2D eigenvalue weighted by molar-refractivity contribution is 6.30. The number of aliphatic carboxylic acids is 1. The number of amides is 4. The fraction of sp³-hybridized carbons (Fsp3) is 0.147. The highest BCUT2D eigenvalue weighted by Crippen LogP contribution is 2.18. The van der Waals surface area contributed by atoms with E-state index in [2.05, 4.69) is 25.9 Å². The third kappa shape index (κ3) is 9.31. The molecular weight excluding hydrogens is 624 g/mol. The standard InChI is InChI=1S/C34H31ClN6O6/c35-25-14-16-26(17-15-25)37-33(45)41(20-30-38-27-8-4-5-9-28(27)39-30)19-22-10-12-24(13-11-22)31(42)36-18-29(32(43)44)40-34(46)47-21-23-6-2-1-3-7-23/h1-17,29H,18-21H2,(H,36,42)(H,37,45)(H,38,39)(H,40,46)(H,43,44)/t29-/m0/s1. The van der Waals surface area contributed by atoms with Crippen molar-refractivity contribution in [2.75, 3.05) is 11.9 Å². The number of urea groups is 1. The summed E-state index contributed by atoms with van der Waals surface area (Å²) >= 11 is 5.99. The molecule has 240 valence electrons. The van der Waals surface area contributed by atoms with Crippen LogP contribution in [0.5, 0.6) is 0 Å². The number of nitrogens with one attached hydrogen (secondary N) is 4. The summed E-state index contributed by atoms with van der Waals surface area (Å²) in [6.45, 7) is -0.0368. The molecule has 0 aliphatic heterocycles. The monoisotopic (exact) mass is 654 g/mol. The maximum atomic E-state index is 13.4. The summed E-state index contributed by atoms with van der Waals surface area (Å²) < 4.78 is 5.08. The van der Waals surface area contributed by atoms with Gasteiger partial charge in [0.2, 0.25) is 0 Å². The number of alkyl carbamates (subject to hydrolysis) is 1. The lowest BCUT2D eigenvalue weighted by Gasteiger charge is -2.22. The van der Waals surface area contributed by atoms with Gasteiger partial charge >= 0.3 is 18.1 Å². The van der Waals surface area contributed by atoms with Crippen LogP contribution in [0.15, 0.2) is 103 Å². The smallest absolute Gasteiger partial charge is 0.408 e. The van der Waals surface area contributed by atoms with Crippen molar-refractivity contribution >= 4 is 52.3 Å². The number of hydrogen-bond donors (Lipinski definition) is 5. The van der Waals surface area contributed by atoms with Crippen molar-refractivity contribution < 1.29 is 29.0 Å². The number of carbonyl (C=O) groups is 4. The number of aromatic nitrogens is 2. The number of anilines is 1. The second kappa shape index (κ2) is 15.4. The van der Waals surface area contributed by atoms with E-state index in [4.69, 9.17) is 16.3 Å². The van der Waals surface area contributed by atoms with Gasteiger partial charge in [0.15, 0.2) is 0 Å². The van der Waals surface area contributed by atoms with Crippen molar-refractivity contribution in [3.8, 4) is 0 Å². The Hall–Kier alpha value is -5.88. The van der Waals surface area contributed by atoms with Gasteiger partial charge < -0.3 is 35.7 Å². The molecule has 0 aliphatic carbocycles. The molecule has 12 nitrogen and oxygen atoms in total. The zero-order valence-corrected chi connectivity index (χ0v) is 25.7. The second-order valence-electron chi connectivity index (χ2n) is 10.5. The molecule has 4 aromatic carbocycles. The molecule has 47 heavy (non-hydrogen) atoms. The Morgan fingerprint density at radius 2 is 1.55 bits per heavy atom. The first-order valence-corrected chi connectivity index (χ1v) is 14.9. The van der Waals surface area contributed by atoms with E-state index in [0.717, 1.165) is 22.2 Å². The van der Waals surface area contributed by atoms with Gasteiger partial charge in [-0.15, -0.1) is 0 Å². The Labute approximate surface area is 274 Å². The zero-order chi connectivity index (χ0) is 33.2. The van der Waals surface area contributed by atoms with Crippen LogP contribution in [0.25, 0.3) is 11.0 Å². The number of carboxylic acid groups (broad SMARTS) is 1. The predicted molar refractivity (Wildman–Crippen MR) is 176 cm³/mol. The molecule has 5 N–H and O–H groups in total. The zero-order valence-electron chi connectivity index (χ0n) is 25.0. The number of carbonyl (C=O) groups excluding carboxylic acids is 3. The van der Waals surface area contributed by atoms with E-state index in [1.54, 1.807) is 77.7 Å². The van der Waals surface area contributed by atoms with Crippen LogP contribution in [0.1, 0.15) is 27.3 Å². The normalized spacial score (nSPS) is 11.3. The summed E-state index contributed by atoms with van der Waals surface area (Å²) in [4.78, 5) is 59.5. The van der Waals surface area contributed by atoms with Crippen molar-refractivity contribution in [3.05, 3.63) is 131 Å². The first kappa shape index (κ1) is 32.5. The molecule has 4 amide bonds. The summed E-state index contributed by atoms with van der Waals surface area (Å²) in [5, 5.41) is 17.7. The molecule has 0 fully saturated rings. The van der Waals surface area contributed by atoms with Crippen LogP contribution in [-0.2, 0) is 29.2 Å². The van der Waals surface area contributed by atoms with E-state index in [1.807, 2.05) is 30.3 Å². The summed E-state index contributed by atoms with van der Waals surface area (Å²) in [6, 6.07) is 28.0. The van der Waals surface area contributed by atoms with Gasteiger partial charge in [0, 0.05) is 29.4 Å². The topological polar surface area (TPSA) is 166 Å². The lowest BCUT2D eigenvalue weighted by atomic mass is 10.1. The minimum atomic E-state index is -1.41. The number of halogens is 1. The third-order valence-electron chi connectivity index (χ3n) is 7.02. The van der Waals surface area contributed by atoms with Crippen molar-refractivity contribution in [1.82, 2.24) is 25.5 Å². The van der Waals surface area contributed by atoms with Crippen LogP contribution in [-0.4, -0.2) is 56.6 Å². The number of imidazole rings is 1. The molecule has 5 aromatic rings. The average Bonchev–Trinajstić information content (AvgIpc) is 3.49. The van der Waals surface area contributed by atoms with E-state index >= 15 is 0 Å². The Morgan fingerprint density at radius 1 is 0.851 bits per heavy atom. The number of para-hydroxylation sites is 2. The van der Waals surface area contributed by atoms with Gasteiger partial charge in [-0.3, -0.25) is 4.79 Å². The van der Waals surface area contributed by atoms with Gasteiger partial charge in [0.25, 0.3) is 5.91 Å². The van der Waals surface area contributed by atoms with Crippen LogP contribution in [0, 0.1) is 0 Å². The first-order valence-electron chi connectivity index (χ1n) is 14.6. The maximum absolute atomic E-state index is 13.4. The van der Waals surface area contributed by atoms with Crippen LogP contribution in [0.3, 0.4) is 0 Å². The molecule has 1 atom stereocenters. The van der Waals surface area contributed by atoms with Gasteiger partial charge in [0.1, 0.15) is 18.5 Å². The molecule has 0 bridgehead atoms. The fourth-order valence-electron chi connectivity index (χ4n) is 4.58. The van der Waals surface area contributed by atoms with Crippen LogP contribution >= 0.6 is 11.6 Å². The fourth-order valence-corrected chi connectivity index (χ4v) is 4.71. The molecule has 0 spiro atoms. The van der Waals surface area contributed by atoms with Gasteiger partial charge in [-0.25, -0.2) is 19.4 Å². The number of carboxylic acids is 1. The van der Waals surface area contributed by atoms with Crippen LogP contribution in [0.4, 0.5) is 15.3 Å². The van der Waals surface area contributed by atoms with Gasteiger partial charge in [-0.05, 0) is 59.7 Å². The number of H-pyrrole nitrogens is 1. The summed E-state index contributed by atoms with van der Waals surface area (Å²) in [7, 11) is 0. The van der Waals surface area contributed by atoms with E-state index in [1.165, 1.54) is 0 Å². The van der Waals surface area contributed by atoms with Gasteiger partial charge in [0.05, 0.1) is 17.6 Å². The maximum Gasteiger partial charge on any atom is 0.408 e. The quantitative estimate of drug-likeness (QED) is 0.117. The highest BCUT2D eigenvalue weighted by Gasteiger charge is 2.22. The number of fused-ring (bicyclic) bond motifs is 1. The number of hydrogen-bond acceptors (Lipinski definition) is 6. The van der Waals surface area contributed by atoms with Crippen LogP contribution < -0.4 is 16.0 Å². The lowest BCUT2D eigenvalue weighted by molar-refractivity contribution is -0.139. The molecule has 0 unspecified atom stereocenters. The number of aromatic amines is 1. The Balaban J connectivity index is 1.20. The van der Waals surface area contributed by atoms with Crippen LogP contribution in [0.2, 0.25) is 5.02 Å². The molecular formula is C34H31ClN6O6. The largest absolute Gasteiger partial charge is 0.480 e. The summed E-state index contributed by atoms with van der Waals surface area (Å²) in [6.07, 6.45) is -0.924.